The monoisotopic (exact) mass is 464 g/mol. The minimum Gasteiger partial charge on any atom is -0.497 e. The molecule has 2 aromatic carbocycles. The number of nitrogens with zero attached hydrogens (tertiary/aromatic N) is 2. The van der Waals surface area contributed by atoms with E-state index in [1.54, 1.807) is 55.3 Å². The third kappa shape index (κ3) is 5.06. The summed E-state index contributed by atoms with van der Waals surface area (Å²) in [5.74, 6) is 0.0914. The molecule has 2 aliphatic heterocycles. The number of methoxy groups -OCH3 is 1. The first-order chi connectivity index (χ1) is 16.5. The van der Waals surface area contributed by atoms with Crippen LogP contribution in [0.3, 0.4) is 0 Å². The number of anilines is 1. The number of carbonyl (C=O) groups excluding carboxylic acids is 3. The molecule has 0 spiro atoms. The first kappa shape index (κ1) is 23.4. The van der Waals surface area contributed by atoms with Crippen LogP contribution in [-0.4, -0.2) is 56.0 Å². The number of amides is 2. The quantitative estimate of drug-likeness (QED) is 0.482. The number of carbonyl (C=O) groups is 3. The highest BCUT2D eigenvalue weighted by Crippen LogP contribution is 2.35. The number of piperidine rings is 1. The van der Waals surface area contributed by atoms with Gasteiger partial charge in [0.15, 0.2) is 11.5 Å². The maximum atomic E-state index is 13.4. The molecule has 2 amide bonds. The molecule has 0 radical (unpaired) electrons. The predicted molar refractivity (Wildman–Crippen MR) is 126 cm³/mol. The van der Waals surface area contributed by atoms with Crippen LogP contribution in [0, 0.1) is 5.92 Å². The number of rotatable bonds is 6. The summed E-state index contributed by atoms with van der Waals surface area (Å²) in [5.41, 5.74) is 1.30. The van der Waals surface area contributed by atoms with Gasteiger partial charge in [-0.2, -0.15) is 0 Å². The molecule has 8 nitrogen and oxygen atoms in total. The summed E-state index contributed by atoms with van der Waals surface area (Å²) in [6.07, 6.45) is 3.05. The Morgan fingerprint density at radius 2 is 1.91 bits per heavy atom. The predicted octanol–water partition coefficient (Wildman–Crippen LogP) is 3.26. The Bertz CT molecular complexity index is 1090. The number of fused-ring (bicyclic) bond motifs is 1. The van der Waals surface area contributed by atoms with E-state index in [0.717, 1.165) is 5.56 Å². The molecule has 34 heavy (non-hydrogen) atoms. The van der Waals surface area contributed by atoms with Crippen molar-refractivity contribution in [1.29, 1.82) is 0 Å². The molecule has 2 aliphatic rings. The van der Waals surface area contributed by atoms with E-state index in [9.17, 15) is 14.4 Å². The number of esters is 1. The van der Waals surface area contributed by atoms with Crippen molar-refractivity contribution >= 4 is 29.5 Å². The highest BCUT2D eigenvalue weighted by Gasteiger charge is 2.35. The van der Waals surface area contributed by atoms with Gasteiger partial charge in [-0.25, -0.2) is 0 Å². The lowest BCUT2D eigenvalue weighted by molar-refractivity contribution is -0.151. The van der Waals surface area contributed by atoms with Crippen LogP contribution in [0.25, 0.3) is 6.08 Å². The first-order valence-electron chi connectivity index (χ1n) is 11.4. The van der Waals surface area contributed by atoms with Gasteiger partial charge < -0.3 is 19.1 Å². The Hall–Kier alpha value is -3.81. The van der Waals surface area contributed by atoms with Crippen molar-refractivity contribution < 1.29 is 28.6 Å². The van der Waals surface area contributed by atoms with E-state index < -0.39 is 5.91 Å². The number of para-hydroxylation sites is 2. The summed E-state index contributed by atoms with van der Waals surface area (Å²) in [6.45, 7) is 2.78. The molecule has 0 saturated carbocycles. The van der Waals surface area contributed by atoms with E-state index >= 15 is 0 Å². The number of likely N-dealkylation sites (tertiary alicyclic amines) is 1. The SMILES string of the molecule is CCOC(=O)C1CCCN(C(=O)CN2C(=O)/C(=C/c3ccc(OC)cc3)Oc3ccccc32)C1. The van der Waals surface area contributed by atoms with Crippen LogP contribution in [0.1, 0.15) is 25.3 Å². The minimum atomic E-state index is -0.401. The Balaban J connectivity index is 1.55. The Labute approximate surface area is 198 Å². The molecule has 1 fully saturated rings. The molecule has 0 aliphatic carbocycles. The van der Waals surface area contributed by atoms with Gasteiger partial charge in [-0.15, -0.1) is 0 Å². The van der Waals surface area contributed by atoms with Gasteiger partial charge in [-0.1, -0.05) is 24.3 Å². The van der Waals surface area contributed by atoms with Gasteiger partial charge in [0.05, 0.1) is 25.3 Å². The lowest BCUT2D eigenvalue weighted by Gasteiger charge is -2.35. The topological polar surface area (TPSA) is 85.4 Å². The standard InChI is InChI=1S/C26H28N2O6/c1-3-33-26(31)19-7-6-14-27(16-19)24(29)17-28-21-8-4-5-9-22(21)34-23(25(28)30)15-18-10-12-20(32-2)13-11-18/h4-5,8-13,15,19H,3,6-7,14,16-17H2,1-2H3/b23-15-. The van der Waals surface area contributed by atoms with Crippen LogP contribution < -0.4 is 14.4 Å². The minimum absolute atomic E-state index is 0.125. The summed E-state index contributed by atoms with van der Waals surface area (Å²) < 4.78 is 16.2. The summed E-state index contributed by atoms with van der Waals surface area (Å²) >= 11 is 0. The molecule has 0 N–H and O–H groups in total. The number of ether oxygens (including phenoxy) is 3. The van der Waals surface area contributed by atoms with Crippen LogP contribution in [0.15, 0.2) is 54.3 Å². The van der Waals surface area contributed by atoms with Crippen molar-refractivity contribution in [2.75, 3.05) is 38.3 Å². The number of hydrogen-bond donors (Lipinski definition) is 0. The second-order valence-corrected chi connectivity index (χ2v) is 8.17. The van der Waals surface area contributed by atoms with Crippen molar-refractivity contribution in [3.05, 3.63) is 59.9 Å². The molecule has 0 aromatic heterocycles. The highest BCUT2D eigenvalue weighted by atomic mass is 16.5. The van der Waals surface area contributed by atoms with E-state index in [0.29, 0.717) is 49.7 Å². The fourth-order valence-electron chi connectivity index (χ4n) is 4.16. The van der Waals surface area contributed by atoms with E-state index in [-0.39, 0.29) is 30.1 Å². The van der Waals surface area contributed by atoms with Gasteiger partial charge >= 0.3 is 5.97 Å². The van der Waals surface area contributed by atoms with E-state index in [1.165, 1.54) is 4.90 Å². The normalized spacial score (nSPS) is 18.8. The van der Waals surface area contributed by atoms with Gasteiger partial charge in [0.25, 0.3) is 5.91 Å². The van der Waals surface area contributed by atoms with Gasteiger partial charge in [0.1, 0.15) is 12.3 Å². The maximum absolute atomic E-state index is 13.4. The van der Waals surface area contributed by atoms with Gasteiger partial charge in [-0.3, -0.25) is 19.3 Å². The van der Waals surface area contributed by atoms with Gasteiger partial charge in [0.2, 0.25) is 5.91 Å². The van der Waals surface area contributed by atoms with Crippen molar-refractivity contribution in [2.24, 2.45) is 5.92 Å². The molecule has 2 aromatic rings. The Morgan fingerprint density at radius 3 is 2.65 bits per heavy atom. The van der Waals surface area contributed by atoms with Crippen LogP contribution >= 0.6 is 0 Å². The molecule has 0 bridgehead atoms. The summed E-state index contributed by atoms with van der Waals surface area (Å²) in [6, 6.07) is 14.4. The van der Waals surface area contributed by atoms with Crippen molar-refractivity contribution in [2.45, 2.75) is 19.8 Å². The molecule has 4 rings (SSSR count). The maximum Gasteiger partial charge on any atom is 0.310 e. The average molecular weight is 465 g/mol. The number of benzene rings is 2. The summed E-state index contributed by atoms with van der Waals surface area (Å²) in [4.78, 5) is 41.8. The molecule has 1 saturated heterocycles. The largest absolute Gasteiger partial charge is 0.497 e. The summed E-state index contributed by atoms with van der Waals surface area (Å²) in [5, 5.41) is 0. The molecular weight excluding hydrogens is 436 g/mol. The van der Waals surface area contributed by atoms with Crippen LogP contribution in [0.5, 0.6) is 11.5 Å². The molecule has 178 valence electrons. The molecular formula is C26H28N2O6. The average Bonchev–Trinajstić information content (AvgIpc) is 2.87. The molecule has 1 atom stereocenters. The van der Waals surface area contributed by atoms with Crippen molar-refractivity contribution in [1.82, 2.24) is 4.90 Å². The smallest absolute Gasteiger partial charge is 0.310 e. The zero-order valence-corrected chi connectivity index (χ0v) is 19.4. The zero-order chi connectivity index (χ0) is 24.1. The number of hydrogen-bond acceptors (Lipinski definition) is 6. The zero-order valence-electron chi connectivity index (χ0n) is 19.4. The van der Waals surface area contributed by atoms with E-state index in [4.69, 9.17) is 14.2 Å². The second-order valence-electron chi connectivity index (χ2n) is 8.17. The van der Waals surface area contributed by atoms with Crippen molar-refractivity contribution in [3.8, 4) is 11.5 Å². The molecule has 2 heterocycles. The molecule has 8 heteroatoms. The van der Waals surface area contributed by atoms with Gasteiger partial charge in [0, 0.05) is 13.1 Å². The fourth-order valence-corrected chi connectivity index (χ4v) is 4.16. The lowest BCUT2D eigenvalue weighted by Crippen LogP contribution is -2.49. The van der Waals surface area contributed by atoms with Crippen molar-refractivity contribution in [3.63, 3.8) is 0 Å². The Kier molecular flexibility index (Phi) is 7.15. The third-order valence-corrected chi connectivity index (χ3v) is 5.93. The molecule has 1 unspecified atom stereocenters. The fraction of sp³-hybridized carbons (Fsp3) is 0.346. The lowest BCUT2D eigenvalue weighted by atomic mass is 9.98. The van der Waals surface area contributed by atoms with Gasteiger partial charge in [-0.05, 0) is 55.7 Å². The van der Waals surface area contributed by atoms with E-state index in [1.807, 2.05) is 18.2 Å². The van der Waals surface area contributed by atoms with Crippen LogP contribution in [0.2, 0.25) is 0 Å². The first-order valence-corrected chi connectivity index (χ1v) is 11.4. The van der Waals surface area contributed by atoms with Crippen LogP contribution in [-0.2, 0) is 19.1 Å². The Morgan fingerprint density at radius 1 is 1.15 bits per heavy atom. The summed E-state index contributed by atoms with van der Waals surface area (Å²) in [7, 11) is 1.59. The second kappa shape index (κ2) is 10.4. The third-order valence-electron chi connectivity index (χ3n) is 5.93. The highest BCUT2D eigenvalue weighted by molar-refractivity contribution is 6.12. The van der Waals surface area contributed by atoms with E-state index in [2.05, 4.69) is 0 Å². The van der Waals surface area contributed by atoms with Crippen LogP contribution in [0.4, 0.5) is 5.69 Å².